The van der Waals surface area contributed by atoms with Gasteiger partial charge in [-0.2, -0.15) is 4.80 Å². The van der Waals surface area contributed by atoms with E-state index in [4.69, 9.17) is 0 Å². The molecular weight excluding hydrogens is 337 g/mol. The average molecular weight is 355 g/mol. The molecule has 0 saturated carbocycles. The molecule has 2 N–H and O–H groups in total. The first kappa shape index (κ1) is 17.5. The Morgan fingerprint density at radius 2 is 2.00 bits per heavy atom. The van der Waals surface area contributed by atoms with Gasteiger partial charge in [0.25, 0.3) is 0 Å². The van der Waals surface area contributed by atoms with Crippen LogP contribution in [-0.2, 0) is 11.3 Å². The molecule has 0 bridgehead atoms. The van der Waals surface area contributed by atoms with Gasteiger partial charge in [-0.15, -0.1) is 10.2 Å². The predicted octanol–water partition coefficient (Wildman–Crippen LogP) is 1.41. The Hall–Kier alpha value is -3.36. The summed E-state index contributed by atoms with van der Waals surface area (Å²) in [5.74, 6) is 0.566. The van der Waals surface area contributed by atoms with Crippen molar-refractivity contribution in [2.24, 2.45) is 0 Å². The van der Waals surface area contributed by atoms with E-state index in [0.29, 0.717) is 24.5 Å². The normalized spacial score (nSPS) is 10.5. The van der Waals surface area contributed by atoms with Crippen molar-refractivity contribution in [1.82, 2.24) is 30.5 Å². The molecule has 0 aliphatic rings. The molecule has 0 saturated heterocycles. The van der Waals surface area contributed by atoms with Crippen LogP contribution in [0, 0.1) is 12.7 Å². The molecule has 3 aromatic rings. The van der Waals surface area contributed by atoms with Crippen molar-refractivity contribution in [3.05, 3.63) is 54.0 Å². The van der Waals surface area contributed by atoms with E-state index in [2.05, 4.69) is 31.0 Å². The SMILES string of the molecule is Cc1cccnc1NCCNC(=O)Cn1nnc(-c2ccc(F)cc2)n1. The Bertz CT molecular complexity index is 879. The number of carbonyl (C=O) groups is 1. The van der Waals surface area contributed by atoms with Crippen LogP contribution in [0.15, 0.2) is 42.6 Å². The van der Waals surface area contributed by atoms with Gasteiger partial charge < -0.3 is 10.6 Å². The molecule has 0 spiro atoms. The summed E-state index contributed by atoms with van der Waals surface area (Å²) in [6, 6.07) is 9.58. The number of hydrogen-bond donors (Lipinski definition) is 2. The summed E-state index contributed by atoms with van der Waals surface area (Å²) in [4.78, 5) is 17.4. The molecule has 2 aromatic heterocycles. The second kappa shape index (κ2) is 8.15. The third-order valence-electron chi connectivity index (χ3n) is 3.59. The van der Waals surface area contributed by atoms with Gasteiger partial charge in [0.2, 0.25) is 11.7 Å². The number of nitrogens with one attached hydrogen (secondary N) is 2. The smallest absolute Gasteiger partial charge is 0.243 e. The lowest BCUT2D eigenvalue weighted by Crippen LogP contribution is -2.32. The predicted molar refractivity (Wildman–Crippen MR) is 93.7 cm³/mol. The number of pyridine rings is 1. The van der Waals surface area contributed by atoms with Gasteiger partial charge in [-0.3, -0.25) is 4.79 Å². The van der Waals surface area contributed by atoms with Gasteiger partial charge in [-0.05, 0) is 48.0 Å². The number of amides is 1. The van der Waals surface area contributed by atoms with Gasteiger partial charge in [-0.1, -0.05) is 6.07 Å². The van der Waals surface area contributed by atoms with Crippen LogP contribution < -0.4 is 10.6 Å². The van der Waals surface area contributed by atoms with Gasteiger partial charge in [0.1, 0.15) is 18.2 Å². The zero-order valence-electron chi connectivity index (χ0n) is 14.2. The first-order chi connectivity index (χ1) is 12.6. The fraction of sp³-hybridized carbons (Fsp3) is 0.235. The molecule has 0 aliphatic heterocycles. The number of benzene rings is 1. The average Bonchev–Trinajstić information content (AvgIpc) is 3.09. The maximum absolute atomic E-state index is 12.9. The van der Waals surface area contributed by atoms with Crippen molar-refractivity contribution in [2.75, 3.05) is 18.4 Å². The summed E-state index contributed by atoms with van der Waals surface area (Å²) in [7, 11) is 0. The van der Waals surface area contributed by atoms with Gasteiger partial charge in [0.05, 0.1) is 0 Å². The minimum atomic E-state index is -0.338. The maximum atomic E-state index is 12.9. The number of nitrogens with zero attached hydrogens (tertiary/aromatic N) is 5. The van der Waals surface area contributed by atoms with Crippen LogP contribution in [0.2, 0.25) is 0 Å². The van der Waals surface area contributed by atoms with Gasteiger partial charge in [0.15, 0.2) is 0 Å². The monoisotopic (exact) mass is 355 g/mol. The number of anilines is 1. The quantitative estimate of drug-likeness (QED) is 0.622. The molecule has 26 heavy (non-hydrogen) atoms. The molecule has 0 fully saturated rings. The van der Waals surface area contributed by atoms with Crippen molar-refractivity contribution in [3.8, 4) is 11.4 Å². The lowest BCUT2D eigenvalue weighted by Gasteiger charge is -2.08. The number of halogens is 1. The molecule has 0 radical (unpaired) electrons. The molecule has 8 nitrogen and oxygen atoms in total. The number of hydrogen-bond acceptors (Lipinski definition) is 6. The van der Waals surface area contributed by atoms with E-state index in [1.165, 1.54) is 16.9 Å². The number of rotatable bonds is 7. The van der Waals surface area contributed by atoms with Crippen molar-refractivity contribution in [2.45, 2.75) is 13.5 Å². The van der Waals surface area contributed by atoms with E-state index < -0.39 is 0 Å². The van der Waals surface area contributed by atoms with E-state index in [1.54, 1.807) is 18.3 Å². The Labute approximate surface area is 149 Å². The maximum Gasteiger partial charge on any atom is 0.243 e. The molecule has 0 aliphatic carbocycles. The van der Waals surface area contributed by atoms with E-state index in [0.717, 1.165) is 11.4 Å². The third-order valence-corrected chi connectivity index (χ3v) is 3.59. The molecular formula is C17H18FN7O. The Balaban J connectivity index is 1.45. The molecule has 0 atom stereocenters. The molecule has 0 unspecified atom stereocenters. The van der Waals surface area contributed by atoms with Crippen LogP contribution in [0.1, 0.15) is 5.56 Å². The van der Waals surface area contributed by atoms with Crippen LogP contribution in [0.25, 0.3) is 11.4 Å². The summed E-state index contributed by atoms with van der Waals surface area (Å²) in [5.41, 5.74) is 1.67. The van der Waals surface area contributed by atoms with Gasteiger partial charge in [0, 0.05) is 24.8 Å². The number of tetrazole rings is 1. The lowest BCUT2D eigenvalue weighted by atomic mass is 10.2. The first-order valence-electron chi connectivity index (χ1n) is 8.08. The third kappa shape index (κ3) is 4.59. The van der Waals surface area contributed by atoms with E-state index in [-0.39, 0.29) is 18.3 Å². The highest BCUT2D eigenvalue weighted by Crippen LogP contribution is 2.13. The highest BCUT2D eigenvalue weighted by molar-refractivity contribution is 5.75. The summed E-state index contributed by atoms with van der Waals surface area (Å²) >= 11 is 0. The molecule has 1 aromatic carbocycles. The van der Waals surface area contributed by atoms with Crippen LogP contribution in [0.4, 0.5) is 10.2 Å². The van der Waals surface area contributed by atoms with E-state index in [1.807, 2.05) is 19.1 Å². The minimum Gasteiger partial charge on any atom is -0.368 e. The second-order valence-corrected chi connectivity index (χ2v) is 5.60. The number of carbonyl (C=O) groups excluding carboxylic acids is 1. The highest BCUT2D eigenvalue weighted by Gasteiger charge is 2.09. The van der Waals surface area contributed by atoms with Crippen LogP contribution in [0.5, 0.6) is 0 Å². The Morgan fingerprint density at radius 1 is 1.19 bits per heavy atom. The topological polar surface area (TPSA) is 97.6 Å². The number of aryl methyl sites for hydroxylation is 1. The Morgan fingerprint density at radius 3 is 2.77 bits per heavy atom. The van der Waals surface area contributed by atoms with Crippen LogP contribution in [0.3, 0.4) is 0 Å². The Kier molecular flexibility index (Phi) is 5.47. The molecule has 134 valence electrons. The van der Waals surface area contributed by atoms with Crippen molar-refractivity contribution in [1.29, 1.82) is 0 Å². The number of aromatic nitrogens is 5. The molecule has 9 heteroatoms. The van der Waals surface area contributed by atoms with E-state index in [9.17, 15) is 9.18 Å². The summed E-state index contributed by atoms with van der Waals surface area (Å²) < 4.78 is 12.9. The largest absolute Gasteiger partial charge is 0.368 e. The van der Waals surface area contributed by atoms with E-state index >= 15 is 0 Å². The fourth-order valence-corrected chi connectivity index (χ4v) is 2.26. The van der Waals surface area contributed by atoms with Crippen LogP contribution in [-0.4, -0.2) is 44.2 Å². The fourth-order valence-electron chi connectivity index (χ4n) is 2.26. The van der Waals surface area contributed by atoms with Crippen molar-refractivity contribution >= 4 is 11.7 Å². The minimum absolute atomic E-state index is 0.0448. The lowest BCUT2D eigenvalue weighted by molar-refractivity contribution is -0.122. The van der Waals surface area contributed by atoms with Gasteiger partial charge >= 0.3 is 0 Å². The molecule has 2 heterocycles. The zero-order valence-corrected chi connectivity index (χ0v) is 14.2. The first-order valence-corrected chi connectivity index (χ1v) is 8.08. The summed E-state index contributed by atoms with van der Waals surface area (Å²) in [6.45, 7) is 2.91. The highest BCUT2D eigenvalue weighted by atomic mass is 19.1. The zero-order chi connectivity index (χ0) is 18.4. The van der Waals surface area contributed by atoms with Crippen molar-refractivity contribution < 1.29 is 9.18 Å². The van der Waals surface area contributed by atoms with Crippen LogP contribution >= 0.6 is 0 Å². The standard InChI is InChI=1S/C17H18FN7O/c1-12-3-2-8-20-16(12)21-10-9-19-15(26)11-25-23-17(22-24-25)13-4-6-14(18)7-5-13/h2-8H,9-11H2,1H3,(H,19,26)(H,20,21). The van der Waals surface area contributed by atoms with Crippen molar-refractivity contribution in [3.63, 3.8) is 0 Å². The molecule has 1 amide bonds. The summed E-state index contributed by atoms with van der Waals surface area (Å²) in [6.07, 6.45) is 1.71. The summed E-state index contributed by atoms with van der Waals surface area (Å²) in [5, 5.41) is 17.8. The van der Waals surface area contributed by atoms with Gasteiger partial charge in [-0.25, -0.2) is 9.37 Å². The molecule has 3 rings (SSSR count). The second-order valence-electron chi connectivity index (χ2n) is 5.60.